The van der Waals surface area contributed by atoms with E-state index >= 15 is 0 Å². The zero-order valence-electron chi connectivity index (χ0n) is 16.6. The second kappa shape index (κ2) is 8.90. The Labute approximate surface area is 167 Å². The van der Waals surface area contributed by atoms with Crippen molar-refractivity contribution in [3.63, 3.8) is 0 Å². The molecule has 28 heavy (non-hydrogen) atoms. The Hall–Kier alpha value is -1.48. The highest BCUT2D eigenvalue weighted by Gasteiger charge is 2.50. The molecule has 0 bridgehead atoms. The first-order valence-electron chi connectivity index (χ1n) is 9.90. The molecule has 3 rings (SSSR count). The van der Waals surface area contributed by atoms with Gasteiger partial charge in [-0.2, -0.15) is 0 Å². The van der Waals surface area contributed by atoms with Crippen molar-refractivity contribution in [3.05, 3.63) is 35.9 Å². The van der Waals surface area contributed by atoms with Crippen LogP contribution in [-0.4, -0.2) is 57.2 Å². The van der Waals surface area contributed by atoms with Crippen molar-refractivity contribution >= 4 is 15.9 Å². The summed E-state index contributed by atoms with van der Waals surface area (Å²) in [5.41, 5.74) is 0.264. The number of nitrogens with zero attached hydrogens (tertiary/aromatic N) is 1. The molecule has 2 fully saturated rings. The summed E-state index contributed by atoms with van der Waals surface area (Å²) in [5, 5.41) is -1.91. The molecular weight excluding hydrogens is 380 g/mol. The van der Waals surface area contributed by atoms with Gasteiger partial charge in [0, 0.05) is 38.3 Å². The molecule has 1 aromatic rings. The first-order chi connectivity index (χ1) is 13.4. The fourth-order valence-corrected chi connectivity index (χ4v) is 5.88. The lowest BCUT2D eigenvalue weighted by atomic mass is 10.1. The van der Waals surface area contributed by atoms with Gasteiger partial charge in [0.2, 0.25) is 0 Å². The number of ether oxygens (including phenoxy) is 2. The molecule has 1 unspecified atom stereocenters. The Morgan fingerprint density at radius 2 is 1.75 bits per heavy atom. The van der Waals surface area contributed by atoms with Gasteiger partial charge >= 0.3 is 0 Å². The van der Waals surface area contributed by atoms with Gasteiger partial charge in [-0.3, -0.25) is 9.69 Å². The van der Waals surface area contributed by atoms with E-state index in [1.807, 2.05) is 0 Å². The minimum Gasteiger partial charge on any atom is -0.339 e. The van der Waals surface area contributed by atoms with Crippen LogP contribution in [-0.2, 0) is 19.5 Å². The topological polar surface area (TPSA) is 84.9 Å². The molecule has 0 aromatic heterocycles. The molecule has 1 N–H and O–H groups in total. The van der Waals surface area contributed by atoms with E-state index in [1.165, 1.54) is 27.1 Å². The lowest BCUT2D eigenvalue weighted by Crippen LogP contribution is -2.54. The average Bonchev–Trinajstić information content (AvgIpc) is 3.37. The van der Waals surface area contributed by atoms with E-state index in [4.69, 9.17) is 9.47 Å². The van der Waals surface area contributed by atoms with Crippen molar-refractivity contribution in [1.82, 2.24) is 9.62 Å². The lowest BCUT2D eigenvalue weighted by Gasteiger charge is -2.37. The highest BCUT2D eigenvalue weighted by molar-refractivity contribution is 7.91. The minimum absolute atomic E-state index is 0.0476. The number of carbonyl (C=O) groups excluding carboxylic acids is 1. The molecule has 1 saturated heterocycles. The van der Waals surface area contributed by atoms with Crippen LogP contribution in [0.5, 0.6) is 0 Å². The molecule has 156 valence electrons. The van der Waals surface area contributed by atoms with Crippen LogP contribution in [0.1, 0.15) is 55.3 Å². The Bertz CT molecular complexity index is 758. The summed E-state index contributed by atoms with van der Waals surface area (Å²) < 4.78 is 39.2. The summed E-state index contributed by atoms with van der Waals surface area (Å²) >= 11 is 0. The van der Waals surface area contributed by atoms with Crippen LogP contribution in [0.4, 0.5) is 0 Å². The monoisotopic (exact) mass is 410 g/mol. The number of likely N-dealkylation sites (tertiary alicyclic amines) is 1. The molecule has 2 aliphatic rings. The average molecular weight is 411 g/mol. The van der Waals surface area contributed by atoms with Crippen LogP contribution in [0.15, 0.2) is 30.3 Å². The summed E-state index contributed by atoms with van der Waals surface area (Å²) in [7, 11) is -1.62. The van der Waals surface area contributed by atoms with E-state index in [2.05, 4.69) is 9.62 Å². The molecule has 1 amide bonds. The summed E-state index contributed by atoms with van der Waals surface area (Å²) in [6.45, 7) is 0.968. The molecule has 8 heteroatoms. The predicted octanol–water partition coefficient (Wildman–Crippen LogP) is 2.49. The first-order valence-corrected chi connectivity index (χ1v) is 11.4. The maximum absolute atomic E-state index is 13.1. The third kappa shape index (κ3) is 4.25. The van der Waals surface area contributed by atoms with Gasteiger partial charge in [-0.05, 0) is 44.4 Å². The quantitative estimate of drug-likeness (QED) is 0.663. The summed E-state index contributed by atoms with van der Waals surface area (Å²) in [6.07, 6.45) is 6.84. The number of nitrogens with one attached hydrogen (secondary N) is 1. The van der Waals surface area contributed by atoms with Crippen molar-refractivity contribution in [2.24, 2.45) is 0 Å². The van der Waals surface area contributed by atoms with Crippen molar-refractivity contribution in [2.75, 3.05) is 20.8 Å². The largest absolute Gasteiger partial charge is 0.339 e. The number of amides is 1. The van der Waals surface area contributed by atoms with Crippen LogP contribution >= 0.6 is 0 Å². The van der Waals surface area contributed by atoms with Crippen LogP contribution in [0.25, 0.3) is 0 Å². The van der Waals surface area contributed by atoms with Crippen LogP contribution in [0.3, 0.4) is 0 Å². The molecule has 1 aliphatic heterocycles. The van der Waals surface area contributed by atoms with Gasteiger partial charge < -0.3 is 9.47 Å². The molecule has 0 radical (unpaired) electrons. The van der Waals surface area contributed by atoms with Crippen LogP contribution in [0.2, 0.25) is 0 Å². The number of benzene rings is 1. The highest BCUT2D eigenvalue weighted by atomic mass is 32.2. The van der Waals surface area contributed by atoms with Gasteiger partial charge in [-0.25, -0.2) is 13.1 Å². The normalized spacial score (nSPS) is 21.9. The van der Waals surface area contributed by atoms with E-state index < -0.39 is 21.0 Å². The molecule has 1 aliphatic carbocycles. The highest BCUT2D eigenvalue weighted by Crippen LogP contribution is 2.36. The van der Waals surface area contributed by atoms with E-state index in [1.54, 1.807) is 30.3 Å². The van der Waals surface area contributed by atoms with E-state index in [0.717, 1.165) is 32.2 Å². The van der Waals surface area contributed by atoms with Crippen molar-refractivity contribution in [2.45, 2.75) is 62.1 Å². The molecule has 1 atom stereocenters. The van der Waals surface area contributed by atoms with Crippen LogP contribution in [0, 0.1) is 0 Å². The van der Waals surface area contributed by atoms with E-state index in [0.29, 0.717) is 6.04 Å². The number of hydrogen-bond donors (Lipinski definition) is 1. The maximum atomic E-state index is 13.1. The Morgan fingerprint density at radius 3 is 2.36 bits per heavy atom. The molecule has 1 aromatic carbocycles. The second-order valence-electron chi connectivity index (χ2n) is 7.57. The van der Waals surface area contributed by atoms with Crippen molar-refractivity contribution in [1.29, 1.82) is 0 Å². The fourth-order valence-electron chi connectivity index (χ4n) is 4.51. The molecular formula is C20H30N2O5S. The standard InChI is InChI=1S/C20H30N2O5S/c1-26-20(27-2,15-18-13-8-14-22(18)17-11-6-7-12-17)28(24,25)21-19(23)16-9-4-3-5-10-16/h3-5,9-10,17-18H,6-8,11-15H2,1-2H3,(H,21,23). The van der Waals surface area contributed by atoms with E-state index in [9.17, 15) is 13.2 Å². The van der Waals surface area contributed by atoms with E-state index in [-0.39, 0.29) is 18.0 Å². The van der Waals surface area contributed by atoms with Gasteiger partial charge in [-0.15, -0.1) is 0 Å². The summed E-state index contributed by atoms with van der Waals surface area (Å²) in [6, 6.07) is 8.79. The Morgan fingerprint density at radius 1 is 1.11 bits per heavy atom. The zero-order valence-corrected chi connectivity index (χ0v) is 17.4. The van der Waals surface area contributed by atoms with Gasteiger partial charge in [0.1, 0.15) is 0 Å². The zero-order chi connectivity index (χ0) is 20.2. The van der Waals surface area contributed by atoms with Gasteiger partial charge in [0.15, 0.2) is 0 Å². The Kier molecular flexibility index (Phi) is 6.75. The fraction of sp³-hybridized carbons (Fsp3) is 0.650. The molecule has 1 heterocycles. The van der Waals surface area contributed by atoms with Crippen molar-refractivity contribution < 1.29 is 22.7 Å². The molecule has 7 nitrogen and oxygen atoms in total. The van der Waals surface area contributed by atoms with Gasteiger partial charge in [0.05, 0.1) is 0 Å². The SMILES string of the molecule is COC(CC1CCCN1C1CCCC1)(OC)S(=O)(=O)NC(=O)c1ccccc1. The number of carbonyl (C=O) groups is 1. The number of rotatable bonds is 8. The summed E-state index contributed by atoms with van der Waals surface area (Å²) in [5.74, 6) is -0.696. The predicted molar refractivity (Wildman–Crippen MR) is 106 cm³/mol. The molecule has 1 saturated carbocycles. The number of sulfonamides is 1. The van der Waals surface area contributed by atoms with Crippen molar-refractivity contribution in [3.8, 4) is 0 Å². The van der Waals surface area contributed by atoms with Gasteiger partial charge in [-0.1, -0.05) is 31.0 Å². The number of hydrogen-bond acceptors (Lipinski definition) is 6. The Balaban J connectivity index is 1.78. The third-order valence-corrected chi connectivity index (χ3v) is 7.77. The third-order valence-electron chi connectivity index (χ3n) is 6.00. The summed E-state index contributed by atoms with van der Waals surface area (Å²) in [4.78, 5) is 14.8. The minimum atomic E-state index is -4.24. The lowest BCUT2D eigenvalue weighted by molar-refractivity contribution is -0.154. The maximum Gasteiger partial charge on any atom is 0.294 e. The number of methoxy groups -OCH3 is 2. The van der Waals surface area contributed by atoms with Crippen LogP contribution < -0.4 is 4.72 Å². The smallest absolute Gasteiger partial charge is 0.294 e. The van der Waals surface area contributed by atoms with Gasteiger partial charge in [0.25, 0.3) is 21.0 Å². The second-order valence-corrected chi connectivity index (χ2v) is 9.40. The first kappa shape index (κ1) is 21.2. The molecule has 0 spiro atoms.